The Morgan fingerprint density at radius 3 is 2.33 bits per heavy atom. The van der Waals surface area contributed by atoms with Gasteiger partial charge in [0.05, 0.1) is 0 Å². The van der Waals surface area contributed by atoms with Crippen LogP contribution in [0.15, 0.2) is 12.1 Å². The third kappa shape index (κ3) is 2.76. The number of aliphatic hydroxyl groups is 1. The van der Waals surface area contributed by atoms with E-state index in [9.17, 15) is 5.11 Å². The van der Waals surface area contributed by atoms with Crippen molar-refractivity contribution in [3.63, 3.8) is 0 Å². The second-order valence-electron chi connectivity index (χ2n) is 6.05. The summed E-state index contributed by atoms with van der Waals surface area (Å²) in [6, 6.07) is 4.91. The summed E-state index contributed by atoms with van der Waals surface area (Å²) < 4.78 is 0. The molecule has 1 aliphatic rings. The van der Waals surface area contributed by atoms with Crippen LogP contribution >= 0.6 is 0 Å². The van der Waals surface area contributed by atoms with Gasteiger partial charge in [-0.15, -0.1) is 0 Å². The highest BCUT2D eigenvalue weighted by atomic mass is 16.3. The van der Waals surface area contributed by atoms with Crippen molar-refractivity contribution in [2.45, 2.75) is 46.6 Å². The summed E-state index contributed by atoms with van der Waals surface area (Å²) in [5.74, 6) is 0. The van der Waals surface area contributed by atoms with E-state index in [1.165, 1.54) is 22.3 Å². The van der Waals surface area contributed by atoms with Gasteiger partial charge in [-0.25, -0.2) is 0 Å². The van der Waals surface area contributed by atoms with Gasteiger partial charge in [-0.1, -0.05) is 12.1 Å². The van der Waals surface area contributed by atoms with Gasteiger partial charge in [-0.05, 0) is 62.8 Å². The molecule has 2 N–H and O–H groups in total. The van der Waals surface area contributed by atoms with Gasteiger partial charge in [0.15, 0.2) is 0 Å². The first-order valence-electron chi connectivity index (χ1n) is 6.89. The number of aryl methyl sites for hydroxylation is 3. The summed E-state index contributed by atoms with van der Waals surface area (Å²) in [4.78, 5) is 0. The SMILES string of the molecule is Cc1cc(C)c(C(C)NCC2(CO)CC2)cc1C. The van der Waals surface area contributed by atoms with Crippen molar-refractivity contribution in [2.75, 3.05) is 13.2 Å². The van der Waals surface area contributed by atoms with Gasteiger partial charge in [0.25, 0.3) is 0 Å². The molecule has 0 spiro atoms. The topological polar surface area (TPSA) is 32.3 Å². The van der Waals surface area contributed by atoms with Gasteiger partial charge in [-0.3, -0.25) is 0 Å². The van der Waals surface area contributed by atoms with E-state index in [-0.39, 0.29) is 5.41 Å². The minimum absolute atomic E-state index is 0.182. The fourth-order valence-electron chi connectivity index (χ4n) is 2.50. The summed E-state index contributed by atoms with van der Waals surface area (Å²) in [7, 11) is 0. The van der Waals surface area contributed by atoms with E-state index in [0.717, 1.165) is 19.4 Å². The maximum absolute atomic E-state index is 9.34. The molecular formula is C16H25NO. The number of hydrogen-bond donors (Lipinski definition) is 2. The van der Waals surface area contributed by atoms with Crippen molar-refractivity contribution in [3.8, 4) is 0 Å². The molecule has 1 aromatic rings. The molecule has 2 heteroatoms. The second kappa shape index (κ2) is 5.02. The lowest BCUT2D eigenvalue weighted by molar-refractivity contribution is 0.204. The van der Waals surface area contributed by atoms with Crippen LogP contribution in [0.2, 0.25) is 0 Å². The van der Waals surface area contributed by atoms with E-state index in [4.69, 9.17) is 0 Å². The molecular weight excluding hydrogens is 222 g/mol. The molecule has 1 atom stereocenters. The maximum Gasteiger partial charge on any atom is 0.0499 e. The zero-order chi connectivity index (χ0) is 13.3. The Labute approximate surface area is 110 Å². The molecule has 1 aromatic carbocycles. The zero-order valence-electron chi connectivity index (χ0n) is 12.0. The summed E-state index contributed by atoms with van der Waals surface area (Å²) >= 11 is 0. The Morgan fingerprint density at radius 1 is 1.17 bits per heavy atom. The molecule has 1 aliphatic carbocycles. The fourth-order valence-corrected chi connectivity index (χ4v) is 2.50. The highest BCUT2D eigenvalue weighted by molar-refractivity contribution is 5.38. The van der Waals surface area contributed by atoms with Gasteiger partial charge in [0, 0.05) is 24.6 Å². The first-order chi connectivity index (χ1) is 8.47. The van der Waals surface area contributed by atoms with Crippen molar-refractivity contribution in [2.24, 2.45) is 5.41 Å². The van der Waals surface area contributed by atoms with E-state index in [1.807, 2.05) is 0 Å². The molecule has 18 heavy (non-hydrogen) atoms. The van der Waals surface area contributed by atoms with Crippen LogP contribution in [0, 0.1) is 26.2 Å². The summed E-state index contributed by atoms with van der Waals surface area (Å²) in [5, 5.41) is 12.9. The van der Waals surface area contributed by atoms with Gasteiger partial charge in [0.1, 0.15) is 0 Å². The molecule has 0 aromatic heterocycles. The summed E-state index contributed by atoms with van der Waals surface area (Å²) in [5.41, 5.74) is 5.63. The Morgan fingerprint density at radius 2 is 1.78 bits per heavy atom. The maximum atomic E-state index is 9.34. The quantitative estimate of drug-likeness (QED) is 0.838. The van der Waals surface area contributed by atoms with Gasteiger partial charge in [-0.2, -0.15) is 0 Å². The Bertz CT molecular complexity index is 435. The lowest BCUT2D eigenvalue weighted by atomic mass is 9.96. The molecule has 0 bridgehead atoms. The molecule has 0 aliphatic heterocycles. The summed E-state index contributed by atoms with van der Waals surface area (Å²) in [6.45, 7) is 9.97. The zero-order valence-corrected chi connectivity index (χ0v) is 12.0. The van der Waals surface area contributed by atoms with E-state index in [0.29, 0.717) is 12.6 Å². The van der Waals surface area contributed by atoms with Crippen LogP contribution in [-0.2, 0) is 0 Å². The van der Waals surface area contributed by atoms with Crippen molar-refractivity contribution in [3.05, 3.63) is 34.4 Å². The molecule has 0 saturated heterocycles. The molecule has 0 amide bonds. The minimum Gasteiger partial charge on any atom is -0.396 e. The van der Waals surface area contributed by atoms with Gasteiger partial charge < -0.3 is 10.4 Å². The molecule has 0 radical (unpaired) electrons. The lowest BCUT2D eigenvalue weighted by Crippen LogP contribution is -2.29. The van der Waals surface area contributed by atoms with Crippen molar-refractivity contribution >= 4 is 0 Å². The summed E-state index contributed by atoms with van der Waals surface area (Å²) in [6.07, 6.45) is 2.32. The van der Waals surface area contributed by atoms with E-state index < -0.39 is 0 Å². The lowest BCUT2D eigenvalue weighted by Gasteiger charge is -2.21. The predicted octanol–water partition coefficient (Wildman–Crippen LogP) is 3.03. The largest absolute Gasteiger partial charge is 0.396 e. The van der Waals surface area contributed by atoms with Crippen LogP contribution in [0.25, 0.3) is 0 Å². The molecule has 0 heterocycles. The van der Waals surface area contributed by atoms with Gasteiger partial charge in [0.2, 0.25) is 0 Å². The van der Waals surface area contributed by atoms with Crippen molar-refractivity contribution in [1.82, 2.24) is 5.32 Å². The van der Waals surface area contributed by atoms with Crippen molar-refractivity contribution < 1.29 is 5.11 Å². The predicted molar refractivity (Wildman–Crippen MR) is 75.8 cm³/mol. The van der Waals surface area contributed by atoms with Crippen molar-refractivity contribution in [1.29, 1.82) is 0 Å². The first kappa shape index (κ1) is 13.6. The minimum atomic E-state index is 0.182. The number of nitrogens with one attached hydrogen (secondary N) is 1. The molecule has 100 valence electrons. The van der Waals surface area contributed by atoms with E-state index in [2.05, 4.69) is 45.1 Å². The highest BCUT2D eigenvalue weighted by Crippen LogP contribution is 2.44. The van der Waals surface area contributed by atoms with E-state index >= 15 is 0 Å². The third-order valence-electron chi connectivity index (χ3n) is 4.42. The average Bonchev–Trinajstić information content (AvgIpc) is 3.11. The average molecular weight is 247 g/mol. The Hall–Kier alpha value is -0.860. The van der Waals surface area contributed by atoms with Crippen LogP contribution < -0.4 is 5.32 Å². The normalized spacial score (nSPS) is 18.7. The second-order valence-corrected chi connectivity index (χ2v) is 6.05. The molecule has 2 rings (SSSR count). The molecule has 2 nitrogen and oxygen atoms in total. The smallest absolute Gasteiger partial charge is 0.0499 e. The monoisotopic (exact) mass is 247 g/mol. The number of hydrogen-bond acceptors (Lipinski definition) is 2. The molecule has 1 unspecified atom stereocenters. The van der Waals surface area contributed by atoms with Crippen LogP contribution in [-0.4, -0.2) is 18.3 Å². The van der Waals surface area contributed by atoms with Crippen LogP contribution in [0.5, 0.6) is 0 Å². The highest BCUT2D eigenvalue weighted by Gasteiger charge is 2.41. The fraction of sp³-hybridized carbons (Fsp3) is 0.625. The number of aliphatic hydroxyl groups excluding tert-OH is 1. The van der Waals surface area contributed by atoms with Crippen LogP contribution in [0.3, 0.4) is 0 Å². The molecule has 1 fully saturated rings. The van der Waals surface area contributed by atoms with Gasteiger partial charge >= 0.3 is 0 Å². The van der Waals surface area contributed by atoms with E-state index in [1.54, 1.807) is 0 Å². The number of benzene rings is 1. The number of rotatable bonds is 5. The first-order valence-corrected chi connectivity index (χ1v) is 6.89. The standard InChI is InChI=1S/C16H25NO/c1-11-7-13(3)15(8-12(11)2)14(4)17-9-16(10-18)5-6-16/h7-8,14,17-18H,5-6,9-10H2,1-4H3. The van der Waals surface area contributed by atoms with Crippen LogP contribution in [0.1, 0.15) is 48.1 Å². The van der Waals surface area contributed by atoms with Crippen LogP contribution in [0.4, 0.5) is 0 Å². The third-order valence-corrected chi connectivity index (χ3v) is 4.42. The Balaban J connectivity index is 2.04. The Kier molecular flexibility index (Phi) is 3.79. The molecule has 1 saturated carbocycles.